The molecule has 18 heavy (non-hydrogen) atoms. The molecular formula is C15H25N3. The molecule has 1 rings (SSSR count). The number of hydrogen-bond acceptors (Lipinski definition) is 3. The van der Waals surface area contributed by atoms with E-state index in [1.165, 1.54) is 5.56 Å². The molecule has 0 aromatic carbocycles. The molecule has 1 aromatic rings. The van der Waals surface area contributed by atoms with Crippen LogP contribution < -0.4 is 10.2 Å². The summed E-state index contributed by atoms with van der Waals surface area (Å²) in [7, 11) is 0. The smallest absolute Gasteiger partial charge is 0.129 e. The van der Waals surface area contributed by atoms with Gasteiger partial charge in [0.25, 0.3) is 0 Å². The summed E-state index contributed by atoms with van der Waals surface area (Å²) in [6.07, 6.45) is 3.05. The molecule has 0 aliphatic rings. The second kappa shape index (κ2) is 7.88. The van der Waals surface area contributed by atoms with Crippen molar-refractivity contribution in [1.82, 2.24) is 10.3 Å². The monoisotopic (exact) mass is 247 g/mol. The summed E-state index contributed by atoms with van der Waals surface area (Å²) in [5.41, 5.74) is 2.38. The van der Waals surface area contributed by atoms with Gasteiger partial charge in [-0.1, -0.05) is 26.0 Å². The first kappa shape index (κ1) is 14.7. The van der Waals surface area contributed by atoms with Gasteiger partial charge in [0.15, 0.2) is 0 Å². The van der Waals surface area contributed by atoms with Gasteiger partial charge in [0.1, 0.15) is 5.82 Å². The number of rotatable bonds is 8. The third-order valence-corrected chi connectivity index (χ3v) is 2.91. The van der Waals surface area contributed by atoms with Crippen LogP contribution in [0.2, 0.25) is 0 Å². The molecule has 1 heterocycles. The molecule has 0 saturated heterocycles. The third-order valence-electron chi connectivity index (χ3n) is 2.91. The molecule has 0 amide bonds. The van der Waals surface area contributed by atoms with E-state index in [4.69, 9.17) is 4.98 Å². The highest BCUT2D eigenvalue weighted by atomic mass is 15.2. The van der Waals surface area contributed by atoms with Gasteiger partial charge in [0.2, 0.25) is 0 Å². The van der Waals surface area contributed by atoms with Crippen molar-refractivity contribution in [1.29, 1.82) is 0 Å². The van der Waals surface area contributed by atoms with Crippen LogP contribution in [-0.2, 0) is 6.54 Å². The molecule has 0 fully saturated rings. The molecule has 0 atom stereocenters. The van der Waals surface area contributed by atoms with Gasteiger partial charge in [-0.15, -0.1) is 6.58 Å². The van der Waals surface area contributed by atoms with Gasteiger partial charge in [-0.05, 0) is 31.5 Å². The zero-order valence-corrected chi connectivity index (χ0v) is 11.9. The van der Waals surface area contributed by atoms with Crippen LogP contribution in [0.3, 0.4) is 0 Å². The summed E-state index contributed by atoms with van der Waals surface area (Å²) in [5, 5.41) is 3.33. The van der Waals surface area contributed by atoms with E-state index >= 15 is 0 Å². The first-order chi connectivity index (χ1) is 8.72. The molecule has 1 N–H and O–H groups in total. The standard InChI is InChI=1S/C15H25N3/c1-5-10-18(11-6-2)15-9-8-14(12-16-7-3)13(4)17-15/h5,8-9,16H,1,6-7,10-12H2,2-4H3. The van der Waals surface area contributed by atoms with Gasteiger partial charge >= 0.3 is 0 Å². The second-order valence-corrected chi connectivity index (χ2v) is 4.43. The average molecular weight is 247 g/mol. The van der Waals surface area contributed by atoms with Gasteiger partial charge < -0.3 is 10.2 Å². The lowest BCUT2D eigenvalue weighted by molar-refractivity contribution is 0.718. The Hall–Kier alpha value is -1.35. The number of pyridine rings is 1. The summed E-state index contributed by atoms with van der Waals surface area (Å²) in [6.45, 7) is 13.9. The summed E-state index contributed by atoms with van der Waals surface area (Å²) in [5.74, 6) is 1.05. The highest BCUT2D eigenvalue weighted by Crippen LogP contribution is 2.15. The van der Waals surface area contributed by atoms with E-state index in [2.05, 4.69) is 49.7 Å². The predicted octanol–water partition coefficient (Wildman–Crippen LogP) is 2.90. The molecule has 0 aliphatic carbocycles. The van der Waals surface area contributed by atoms with Crippen molar-refractivity contribution in [3.63, 3.8) is 0 Å². The fraction of sp³-hybridized carbons (Fsp3) is 0.533. The van der Waals surface area contributed by atoms with Gasteiger partial charge in [-0.25, -0.2) is 4.98 Å². The first-order valence-electron chi connectivity index (χ1n) is 6.76. The zero-order chi connectivity index (χ0) is 13.4. The second-order valence-electron chi connectivity index (χ2n) is 4.43. The number of aromatic nitrogens is 1. The molecule has 0 spiro atoms. The molecule has 3 heteroatoms. The maximum absolute atomic E-state index is 4.70. The van der Waals surface area contributed by atoms with Gasteiger partial charge in [0.05, 0.1) is 0 Å². The van der Waals surface area contributed by atoms with Crippen molar-refractivity contribution in [2.75, 3.05) is 24.5 Å². The fourth-order valence-corrected chi connectivity index (χ4v) is 1.92. The Morgan fingerprint density at radius 1 is 1.39 bits per heavy atom. The van der Waals surface area contributed by atoms with Crippen molar-refractivity contribution in [2.24, 2.45) is 0 Å². The number of anilines is 1. The van der Waals surface area contributed by atoms with Crippen LogP contribution in [0.15, 0.2) is 24.8 Å². The Morgan fingerprint density at radius 2 is 2.17 bits per heavy atom. The van der Waals surface area contributed by atoms with E-state index in [1.54, 1.807) is 0 Å². The number of nitrogens with zero attached hydrogens (tertiary/aromatic N) is 2. The maximum Gasteiger partial charge on any atom is 0.129 e. The van der Waals surface area contributed by atoms with E-state index in [-0.39, 0.29) is 0 Å². The quantitative estimate of drug-likeness (QED) is 0.716. The van der Waals surface area contributed by atoms with Crippen LogP contribution in [0, 0.1) is 6.92 Å². The van der Waals surface area contributed by atoms with Crippen LogP contribution >= 0.6 is 0 Å². The Labute approximate surface area is 111 Å². The lowest BCUT2D eigenvalue weighted by atomic mass is 10.2. The van der Waals surface area contributed by atoms with E-state index in [1.807, 2.05) is 6.08 Å². The number of hydrogen-bond donors (Lipinski definition) is 1. The average Bonchev–Trinajstić information content (AvgIpc) is 2.37. The SMILES string of the molecule is C=CCN(CCC)c1ccc(CNCC)c(C)n1. The van der Waals surface area contributed by atoms with Gasteiger partial charge in [-0.2, -0.15) is 0 Å². The number of aryl methyl sites for hydroxylation is 1. The molecule has 0 unspecified atom stereocenters. The van der Waals surface area contributed by atoms with Crippen molar-refractivity contribution in [3.05, 3.63) is 36.0 Å². The van der Waals surface area contributed by atoms with E-state index in [0.717, 1.165) is 44.1 Å². The minimum Gasteiger partial charge on any atom is -0.353 e. The van der Waals surface area contributed by atoms with Crippen LogP contribution in [0.25, 0.3) is 0 Å². The molecule has 0 aliphatic heterocycles. The lowest BCUT2D eigenvalue weighted by Crippen LogP contribution is -2.25. The van der Waals surface area contributed by atoms with Crippen molar-refractivity contribution in [2.45, 2.75) is 33.7 Å². The van der Waals surface area contributed by atoms with Gasteiger partial charge in [0, 0.05) is 25.3 Å². The summed E-state index contributed by atoms with van der Waals surface area (Å²) < 4.78 is 0. The lowest BCUT2D eigenvalue weighted by Gasteiger charge is -2.22. The number of nitrogens with one attached hydrogen (secondary N) is 1. The summed E-state index contributed by atoms with van der Waals surface area (Å²) in [6, 6.07) is 4.28. The maximum atomic E-state index is 4.70. The van der Waals surface area contributed by atoms with E-state index in [0.29, 0.717) is 0 Å². The minimum atomic E-state index is 0.854. The topological polar surface area (TPSA) is 28.2 Å². The van der Waals surface area contributed by atoms with Crippen molar-refractivity contribution in [3.8, 4) is 0 Å². The van der Waals surface area contributed by atoms with Crippen LogP contribution in [-0.4, -0.2) is 24.6 Å². The minimum absolute atomic E-state index is 0.854. The van der Waals surface area contributed by atoms with Crippen molar-refractivity contribution < 1.29 is 0 Å². The molecular weight excluding hydrogens is 222 g/mol. The Kier molecular flexibility index (Phi) is 6.44. The van der Waals surface area contributed by atoms with E-state index < -0.39 is 0 Å². The van der Waals surface area contributed by atoms with Gasteiger partial charge in [-0.3, -0.25) is 0 Å². The molecule has 1 aromatic heterocycles. The summed E-state index contributed by atoms with van der Waals surface area (Å²) >= 11 is 0. The highest BCUT2D eigenvalue weighted by Gasteiger charge is 2.07. The Balaban J connectivity index is 2.83. The molecule has 3 nitrogen and oxygen atoms in total. The largest absolute Gasteiger partial charge is 0.353 e. The fourth-order valence-electron chi connectivity index (χ4n) is 1.92. The molecule has 100 valence electrons. The molecule has 0 saturated carbocycles. The zero-order valence-electron chi connectivity index (χ0n) is 11.9. The van der Waals surface area contributed by atoms with Crippen LogP contribution in [0.5, 0.6) is 0 Å². The third kappa shape index (κ3) is 4.15. The first-order valence-corrected chi connectivity index (χ1v) is 6.76. The Bertz CT molecular complexity index is 374. The van der Waals surface area contributed by atoms with Crippen molar-refractivity contribution >= 4 is 5.82 Å². The Morgan fingerprint density at radius 3 is 2.72 bits per heavy atom. The van der Waals surface area contributed by atoms with Crippen LogP contribution in [0.1, 0.15) is 31.5 Å². The van der Waals surface area contributed by atoms with Crippen LogP contribution in [0.4, 0.5) is 5.82 Å². The normalized spacial score (nSPS) is 10.4. The molecule has 0 bridgehead atoms. The van der Waals surface area contributed by atoms with E-state index in [9.17, 15) is 0 Å². The highest BCUT2D eigenvalue weighted by molar-refractivity contribution is 5.42. The molecule has 0 radical (unpaired) electrons. The predicted molar refractivity (Wildman–Crippen MR) is 79.1 cm³/mol. The summed E-state index contributed by atoms with van der Waals surface area (Å²) in [4.78, 5) is 6.96.